The first-order chi connectivity index (χ1) is 8.91. The molecule has 0 unspecified atom stereocenters. The number of hydrogen-bond donors (Lipinski definition) is 1. The van der Waals surface area contributed by atoms with Gasteiger partial charge >= 0.3 is 5.97 Å². The van der Waals surface area contributed by atoms with Gasteiger partial charge in [0.15, 0.2) is 12.1 Å². The standard InChI is InChI=1S/C13H18O6/c1-13(2)18-10-7-4-8(14)6(11(15)16-3)5-9(7)17-12(10)19-13/h7,9-10,12,14H,4-5H2,1-3H3/t7-,9-,10-,12-/m1/s1. The summed E-state index contributed by atoms with van der Waals surface area (Å²) in [6.07, 6.45) is -0.0915. The molecule has 1 aliphatic carbocycles. The molecule has 1 N–H and O–H groups in total. The Kier molecular flexibility index (Phi) is 2.85. The Balaban J connectivity index is 1.80. The van der Waals surface area contributed by atoms with Crippen LogP contribution in [-0.2, 0) is 23.7 Å². The van der Waals surface area contributed by atoms with Crippen molar-refractivity contribution in [3.63, 3.8) is 0 Å². The van der Waals surface area contributed by atoms with Crippen LogP contribution in [0.25, 0.3) is 0 Å². The molecule has 3 rings (SSSR count). The van der Waals surface area contributed by atoms with Crippen molar-refractivity contribution >= 4 is 5.97 Å². The van der Waals surface area contributed by atoms with Gasteiger partial charge in [-0.15, -0.1) is 0 Å². The number of methoxy groups -OCH3 is 1. The molecule has 6 nitrogen and oxygen atoms in total. The second-order valence-electron chi connectivity index (χ2n) is 5.63. The Bertz CT molecular complexity index is 440. The number of rotatable bonds is 1. The van der Waals surface area contributed by atoms with Crippen LogP contribution in [0.2, 0.25) is 0 Å². The molecule has 3 aliphatic rings. The van der Waals surface area contributed by atoms with E-state index in [0.717, 1.165) is 0 Å². The quantitative estimate of drug-likeness (QED) is 0.723. The monoisotopic (exact) mass is 270 g/mol. The molecule has 0 radical (unpaired) electrons. The molecule has 2 heterocycles. The highest BCUT2D eigenvalue weighted by Gasteiger charge is 2.56. The summed E-state index contributed by atoms with van der Waals surface area (Å²) in [4.78, 5) is 11.6. The lowest BCUT2D eigenvalue weighted by Crippen LogP contribution is -2.34. The van der Waals surface area contributed by atoms with Gasteiger partial charge < -0.3 is 24.1 Å². The van der Waals surface area contributed by atoms with E-state index in [2.05, 4.69) is 4.74 Å². The molecule has 4 atom stereocenters. The number of fused-ring (bicyclic) bond motifs is 3. The number of ether oxygens (including phenoxy) is 4. The SMILES string of the molecule is COC(=O)C1=C(O)C[C@H]2[C@H]3OC(C)(C)O[C@H]3O[C@@H]2C1. The van der Waals surface area contributed by atoms with Crippen LogP contribution in [0.4, 0.5) is 0 Å². The zero-order chi connectivity index (χ0) is 13.8. The van der Waals surface area contributed by atoms with Gasteiger partial charge in [-0.25, -0.2) is 4.79 Å². The zero-order valence-corrected chi connectivity index (χ0v) is 11.2. The van der Waals surface area contributed by atoms with Gasteiger partial charge in [-0.2, -0.15) is 0 Å². The van der Waals surface area contributed by atoms with E-state index in [-0.39, 0.29) is 23.9 Å². The second kappa shape index (κ2) is 4.19. The summed E-state index contributed by atoms with van der Waals surface area (Å²) in [5, 5.41) is 9.99. The van der Waals surface area contributed by atoms with Crippen LogP contribution >= 0.6 is 0 Å². The second-order valence-corrected chi connectivity index (χ2v) is 5.63. The smallest absolute Gasteiger partial charge is 0.337 e. The molecule has 0 bridgehead atoms. The van der Waals surface area contributed by atoms with Gasteiger partial charge in [0.05, 0.1) is 18.8 Å². The van der Waals surface area contributed by atoms with Crippen LogP contribution in [0.15, 0.2) is 11.3 Å². The Morgan fingerprint density at radius 3 is 2.79 bits per heavy atom. The summed E-state index contributed by atoms with van der Waals surface area (Å²) in [5.74, 6) is -1.08. The molecule has 2 saturated heterocycles. The summed E-state index contributed by atoms with van der Waals surface area (Å²) in [7, 11) is 1.30. The Morgan fingerprint density at radius 2 is 2.11 bits per heavy atom. The lowest BCUT2D eigenvalue weighted by Gasteiger charge is -2.29. The highest BCUT2D eigenvalue weighted by molar-refractivity contribution is 5.89. The fourth-order valence-electron chi connectivity index (χ4n) is 3.07. The fraction of sp³-hybridized carbons (Fsp3) is 0.769. The normalized spacial score (nSPS) is 39.9. The molecule has 0 aromatic carbocycles. The third-order valence-corrected chi connectivity index (χ3v) is 3.91. The third-order valence-electron chi connectivity index (χ3n) is 3.91. The molecule has 6 heteroatoms. The first-order valence-electron chi connectivity index (χ1n) is 6.41. The van der Waals surface area contributed by atoms with E-state index in [4.69, 9.17) is 14.2 Å². The van der Waals surface area contributed by atoms with Gasteiger partial charge in [0, 0.05) is 18.8 Å². The zero-order valence-electron chi connectivity index (χ0n) is 11.2. The minimum Gasteiger partial charge on any atom is -0.512 e. The van der Waals surface area contributed by atoms with Crippen molar-refractivity contribution in [2.45, 2.75) is 51.0 Å². The molecule has 0 aromatic rings. The van der Waals surface area contributed by atoms with Crippen molar-refractivity contribution < 1.29 is 28.8 Å². The Hall–Kier alpha value is -1.11. The van der Waals surface area contributed by atoms with E-state index in [1.807, 2.05) is 13.8 Å². The van der Waals surface area contributed by atoms with Crippen LogP contribution in [0, 0.1) is 5.92 Å². The fourth-order valence-corrected chi connectivity index (χ4v) is 3.07. The van der Waals surface area contributed by atoms with Crippen molar-refractivity contribution in [3.05, 3.63) is 11.3 Å². The van der Waals surface area contributed by atoms with Gasteiger partial charge in [-0.3, -0.25) is 0 Å². The number of esters is 1. The summed E-state index contributed by atoms with van der Waals surface area (Å²) in [6.45, 7) is 3.67. The third kappa shape index (κ3) is 2.04. The van der Waals surface area contributed by atoms with Crippen molar-refractivity contribution in [2.24, 2.45) is 5.92 Å². The van der Waals surface area contributed by atoms with Gasteiger partial charge in [-0.05, 0) is 13.8 Å². The molecule has 19 heavy (non-hydrogen) atoms. The number of carbonyl (C=O) groups is 1. The molecular formula is C13H18O6. The minimum atomic E-state index is -0.664. The number of aliphatic hydroxyl groups excluding tert-OH is 1. The topological polar surface area (TPSA) is 74.2 Å². The molecule has 2 aliphatic heterocycles. The molecular weight excluding hydrogens is 252 g/mol. The first kappa shape index (κ1) is 12.9. The first-order valence-corrected chi connectivity index (χ1v) is 6.41. The van der Waals surface area contributed by atoms with Crippen LogP contribution < -0.4 is 0 Å². The van der Waals surface area contributed by atoms with Gasteiger partial charge in [0.25, 0.3) is 0 Å². The summed E-state index contributed by atoms with van der Waals surface area (Å²) in [6, 6.07) is 0. The number of allylic oxidation sites excluding steroid dienone is 1. The van der Waals surface area contributed by atoms with Crippen LogP contribution in [-0.4, -0.2) is 42.5 Å². The molecule has 2 fully saturated rings. The largest absolute Gasteiger partial charge is 0.512 e. The van der Waals surface area contributed by atoms with Crippen LogP contribution in [0.1, 0.15) is 26.7 Å². The van der Waals surface area contributed by atoms with E-state index in [1.54, 1.807) is 0 Å². The maximum atomic E-state index is 11.6. The van der Waals surface area contributed by atoms with E-state index in [0.29, 0.717) is 18.4 Å². The van der Waals surface area contributed by atoms with E-state index >= 15 is 0 Å². The minimum absolute atomic E-state index is 0.0141. The van der Waals surface area contributed by atoms with E-state index < -0.39 is 18.0 Å². The lowest BCUT2D eigenvalue weighted by atomic mass is 9.83. The van der Waals surface area contributed by atoms with Crippen molar-refractivity contribution in [3.8, 4) is 0 Å². The van der Waals surface area contributed by atoms with Crippen molar-refractivity contribution in [2.75, 3.05) is 7.11 Å². The van der Waals surface area contributed by atoms with Crippen molar-refractivity contribution in [1.82, 2.24) is 0 Å². The highest BCUT2D eigenvalue weighted by atomic mass is 16.8. The molecule has 0 saturated carbocycles. The average molecular weight is 270 g/mol. The maximum absolute atomic E-state index is 11.6. The molecule has 106 valence electrons. The Morgan fingerprint density at radius 1 is 1.37 bits per heavy atom. The van der Waals surface area contributed by atoms with Gasteiger partial charge in [-0.1, -0.05) is 0 Å². The summed E-state index contributed by atoms with van der Waals surface area (Å²) in [5.41, 5.74) is 0.294. The average Bonchev–Trinajstić information content (AvgIpc) is 2.79. The number of aliphatic hydroxyl groups is 1. The Labute approximate surface area is 111 Å². The van der Waals surface area contributed by atoms with E-state index in [9.17, 15) is 9.90 Å². The predicted octanol–water partition coefficient (Wildman–Crippen LogP) is 1.26. The summed E-state index contributed by atoms with van der Waals surface area (Å²) >= 11 is 0. The summed E-state index contributed by atoms with van der Waals surface area (Å²) < 4.78 is 21.9. The lowest BCUT2D eigenvalue weighted by molar-refractivity contribution is -0.211. The van der Waals surface area contributed by atoms with Gasteiger partial charge in [0.2, 0.25) is 0 Å². The molecule has 0 spiro atoms. The molecule has 0 aromatic heterocycles. The van der Waals surface area contributed by atoms with Gasteiger partial charge in [0.1, 0.15) is 11.9 Å². The predicted molar refractivity (Wildman–Crippen MR) is 63.1 cm³/mol. The number of hydrogen-bond acceptors (Lipinski definition) is 6. The van der Waals surface area contributed by atoms with Crippen molar-refractivity contribution in [1.29, 1.82) is 0 Å². The number of carbonyl (C=O) groups excluding carboxylic acids is 1. The van der Waals surface area contributed by atoms with Crippen LogP contribution in [0.3, 0.4) is 0 Å². The molecule has 0 amide bonds. The maximum Gasteiger partial charge on any atom is 0.337 e. The van der Waals surface area contributed by atoms with Crippen LogP contribution in [0.5, 0.6) is 0 Å². The highest BCUT2D eigenvalue weighted by Crippen LogP contribution is 2.47. The van der Waals surface area contributed by atoms with E-state index in [1.165, 1.54) is 7.11 Å².